The molecule has 1 heterocycles. The number of nitrogens with two attached hydrogens (primary N) is 1. The van der Waals surface area contributed by atoms with Gasteiger partial charge in [-0.1, -0.05) is 30.3 Å². The van der Waals surface area contributed by atoms with Crippen molar-refractivity contribution in [2.75, 3.05) is 27.2 Å². The molecule has 0 saturated carbocycles. The van der Waals surface area contributed by atoms with E-state index in [2.05, 4.69) is 0 Å². The van der Waals surface area contributed by atoms with Crippen LogP contribution in [0.3, 0.4) is 0 Å². The summed E-state index contributed by atoms with van der Waals surface area (Å²) in [4.78, 5) is 27.8. The van der Waals surface area contributed by atoms with Crippen LogP contribution in [0, 0.1) is 5.92 Å². The lowest BCUT2D eigenvalue weighted by Crippen LogP contribution is -2.46. The molecule has 0 bridgehead atoms. The van der Waals surface area contributed by atoms with Gasteiger partial charge in [0.1, 0.15) is 6.04 Å². The van der Waals surface area contributed by atoms with E-state index in [1.54, 1.807) is 0 Å². The van der Waals surface area contributed by atoms with Crippen LogP contribution in [-0.4, -0.2) is 48.8 Å². The highest BCUT2D eigenvalue weighted by Gasteiger charge is 2.31. The molecule has 1 aromatic carbocycles. The second-order valence-electron chi connectivity index (χ2n) is 5.78. The van der Waals surface area contributed by atoms with Crippen LogP contribution in [0.1, 0.15) is 24.4 Å². The number of amides is 2. The fourth-order valence-corrected chi connectivity index (χ4v) is 2.85. The predicted molar refractivity (Wildman–Crippen MR) is 81.4 cm³/mol. The van der Waals surface area contributed by atoms with E-state index in [9.17, 15) is 9.59 Å². The molecule has 0 spiro atoms. The van der Waals surface area contributed by atoms with Gasteiger partial charge in [-0.3, -0.25) is 14.5 Å². The maximum atomic E-state index is 12.8. The molecular formula is C16H23N3O2. The summed E-state index contributed by atoms with van der Waals surface area (Å²) in [6.45, 7) is 1.20. The minimum absolute atomic E-state index is 0.0918. The highest BCUT2D eigenvalue weighted by Crippen LogP contribution is 2.24. The van der Waals surface area contributed by atoms with E-state index in [1.165, 1.54) is 0 Å². The molecule has 5 nitrogen and oxygen atoms in total. The van der Waals surface area contributed by atoms with Crippen molar-refractivity contribution >= 4 is 11.8 Å². The smallest absolute Gasteiger partial charge is 0.244 e. The minimum atomic E-state index is -0.281. The van der Waals surface area contributed by atoms with Gasteiger partial charge in [0, 0.05) is 19.0 Å². The van der Waals surface area contributed by atoms with Crippen molar-refractivity contribution in [3.05, 3.63) is 35.9 Å². The fourth-order valence-electron chi connectivity index (χ4n) is 2.85. The number of benzene rings is 1. The van der Waals surface area contributed by atoms with Crippen molar-refractivity contribution in [1.82, 2.24) is 9.80 Å². The van der Waals surface area contributed by atoms with E-state index in [-0.39, 0.29) is 23.8 Å². The predicted octanol–water partition coefficient (Wildman–Crippen LogP) is 1.01. The summed E-state index contributed by atoms with van der Waals surface area (Å²) in [5.74, 6) is -0.257. The van der Waals surface area contributed by atoms with Gasteiger partial charge in [-0.25, -0.2) is 0 Å². The minimum Gasteiger partial charge on any atom is -0.369 e. The number of likely N-dealkylation sites (tertiary alicyclic amines) is 1. The van der Waals surface area contributed by atoms with Crippen LogP contribution in [0.25, 0.3) is 0 Å². The van der Waals surface area contributed by atoms with Gasteiger partial charge in [-0.15, -0.1) is 0 Å². The summed E-state index contributed by atoms with van der Waals surface area (Å²) in [6, 6.07) is 9.49. The third kappa shape index (κ3) is 3.61. The third-order valence-electron chi connectivity index (χ3n) is 4.07. The number of likely N-dealkylation sites (N-methyl/N-ethyl adjacent to an activating group) is 1. The molecule has 0 aromatic heterocycles. The first kappa shape index (κ1) is 15.5. The highest BCUT2D eigenvalue weighted by atomic mass is 16.2. The van der Waals surface area contributed by atoms with Gasteiger partial charge < -0.3 is 10.6 Å². The Bertz CT molecular complexity index is 494. The molecule has 1 unspecified atom stereocenters. The van der Waals surface area contributed by atoms with Crippen molar-refractivity contribution in [2.45, 2.75) is 18.9 Å². The van der Waals surface area contributed by atoms with Crippen molar-refractivity contribution in [1.29, 1.82) is 0 Å². The average molecular weight is 289 g/mol. The largest absolute Gasteiger partial charge is 0.369 e. The third-order valence-corrected chi connectivity index (χ3v) is 4.07. The summed E-state index contributed by atoms with van der Waals surface area (Å²) in [7, 11) is 3.82. The molecule has 0 radical (unpaired) electrons. The van der Waals surface area contributed by atoms with Gasteiger partial charge in [0.25, 0.3) is 0 Å². The molecule has 0 aliphatic carbocycles. The first-order valence-corrected chi connectivity index (χ1v) is 7.30. The Balaban J connectivity index is 2.09. The first-order chi connectivity index (χ1) is 10.0. The van der Waals surface area contributed by atoms with E-state index < -0.39 is 0 Å². The van der Waals surface area contributed by atoms with Crippen LogP contribution in [0.2, 0.25) is 0 Å². The molecule has 2 amide bonds. The van der Waals surface area contributed by atoms with E-state index >= 15 is 0 Å². The molecular weight excluding hydrogens is 266 g/mol. The van der Waals surface area contributed by atoms with Gasteiger partial charge in [0.15, 0.2) is 0 Å². The zero-order valence-corrected chi connectivity index (χ0v) is 12.7. The molecule has 1 saturated heterocycles. The molecule has 1 aliphatic heterocycles. The number of primary amides is 1. The lowest BCUT2D eigenvalue weighted by atomic mass is 9.95. The summed E-state index contributed by atoms with van der Waals surface area (Å²) in [5, 5.41) is 0. The number of piperidine rings is 1. The monoisotopic (exact) mass is 289 g/mol. The Hall–Kier alpha value is -1.88. The van der Waals surface area contributed by atoms with Crippen LogP contribution in [0.15, 0.2) is 30.3 Å². The second kappa shape index (κ2) is 6.72. The number of hydrogen-bond acceptors (Lipinski definition) is 3. The van der Waals surface area contributed by atoms with E-state index in [4.69, 9.17) is 5.73 Å². The zero-order valence-electron chi connectivity index (χ0n) is 12.7. The quantitative estimate of drug-likeness (QED) is 0.899. The van der Waals surface area contributed by atoms with Gasteiger partial charge in [-0.2, -0.15) is 0 Å². The van der Waals surface area contributed by atoms with E-state index in [0.29, 0.717) is 25.9 Å². The zero-order chi connectivity index (χ0) is 15.4. The molecule has 21 heavy (non-hydrogen) atoms. The van der Waals surface area contributed by atoms with E-state index in [0.717, 1.165) is 5.56 Å². The number of rotatable bonds is 4. The van der Waals surface area contributed by atoms with Gasteiger partial charge in [0.05, 0.1) is 0 Å². The van der Waals surface area contributed by atoms with Crippen LogP contribution in [0.5, 0.6) is 0 Å². The molecule has 5 heteroatoms. The topological polar surface area (TPSA) is 66.6 Å². The summed E-state index contributed by atoms with van der Waals surface area (Å²) >= 11 is 0. The number of nitrogens with zero attached hydrogens (tertiary/aromatic N) is 2. The molecule has 1 aliphatic rings. The number of carbonyl (C=O) groups is 2. The van der Waals surface area contributed by atoms with Crippen molar-refractivity contribution in [2.24, 2.45) is 11.7 Å². The average Bonchev–Trinajstić information content (AvgIpc) is 2.48. The van der Waals surface area contributed by atoms with Crippen LogP contribution in [0.4, 0.5) is 0 Å². The highest BCUT2D eigenvalue weighted by molar-refractivity contribution is 5.84. The summed E-state index contributed by atoms with van der Waals surface area (Å²) in [5.41, 5.74) is 6.33. The Labute approximate surface area is 125 Å². The van der Waals surface area contributed by atoms with Crippen molar-refractivity contribution in [3.8, 4) is 0 Å². The molecule has 2 rings (SSSR count). The van der Waals surface area contributed by atoms with Crippen LogP contribution in [-0.2, 0) is 9.59 Å². The standard InChI is InChI=1S/C16H23N3O2/c1-18(2)14(12-6-4-3-5-7-12)16(21)19-10-8-13(9-11-19)15(17)20/h3-7,13-14H,8-11H2,1-2H3,(H2,17,20). The fraction of sp³-hybridized carbons (Fsp3) is 0.500. The van der Waals surface area contributed by atoms with Gasteiger partial charge in [0.2, 0.25) is 11.8 Å². The van der Waals surface area contributed by atoms with Crippen molar-refractivity contribution < 1.29 is 9.59 Å². The SMILES string of the molecule is CN(C)C(C(=O)N1CCC(C(N)=O)CC1)c1ccccc1. The molecule has 114 valence electrons. The maximum Gasteiger partial charge on any atom is 0.244 e. The van der Waals surface area contributed by atoms with Crippen LogP contribution < -0.4 is 5.73 Å². The normalized spacial score (nSPS) is 17.8. The molecule has 2 N–H and O–H groups in total. The second-order valence-corrected chi connectivity index (χ2v) is 5.78. The summed E-state index contributed by atoms with van der Waals surface area (Å²) in [6.07, 6.45) is 1.33. The van der Waals surface area contributed by atoms with E-state index in [1.807, 2.05) is 54.2 Å². The van der Waals surface area contributed by atoms with Crippen LogP contribution >= 0.6 is 0 Å². The van der Waals surface area contributed by atoms with Gasteiger partial charge >= 0.3 is 0 Å². The Kier molecular flexibility index (Phi) is 4.96. The Morgan fingerprint density at radius 3 is 2.24 bits per heavy atom. The lowest BCUT2D eigenvalue weighted by molar-refractivity contribution is -0.139. The number of hydrogen-bond donors (Lipinski definition) is 1. The van der Waals surface area contributed by atoms with Crippen molar-refractivity contribution in [3.63, 3.8) is 0 Å². The first-order valence-electron chi connectivity index (χ1n) is 7.30. The number of carbonyl (C=O) groups excluding carboxylic acids is 2. The molecule has 1 atom stereocenters. The maximum absolute atomic E-state index is 12.8. The molecule has 1 aromatic rings. The lowest BCUT2D eigenvalue weighted by Gasteiger charge is -2.35. The molecule has 1 fully saturated rings. The Morgan fingerprint density at radius 1 is 1.19 bits per heavy atom. The Morgan fingerprint density at radius 2 is 1.76 bits per heavy atom. The summed E-state index contributed by atoms with van der Waals surface area (Å²) < 4.78 is 0. The van der Waals surface area contributed by atoms with Gasteiger partial charge in [-0.05, 0) is 32.5 Å².